The fourth-order valence-electron chi connectivity index (χ4n) is 4.00. The highest BCUT2D eigenvalue weighted by Crippen LogP contribution is 2.34. The van der Waals surface area contributed by atoms with Crippen LogP contribution < -0.4 is 9.47 Å². The summed E-state index contributed by atoms with van der Waals surface area (Å²) >= 11 is 1.20. The molecule has 0 saturated heterocycles. The van der Waals surface area contributed by atoms with E-state index < -0.39 is 5.97 Å². The maximum atomic E-state index is 12.9. The van der Waals surface area contributed by atoms with E-state index in [2.05, 4.69) is 0 Å². The second-order valence-corrected chi connectivity index (χ2v) is 9.29. The van der Waals surface area contributed by atoms with Gasteiger partial charge in [0.25, 0.3) is 0 Å². The normalized spacial score (nSPS) is 11.1. The van der Waals surface area contributed by atoms with Gasteiger partial charge in [0.15, 0.2) is 10.8 Å². The van der Waals surface area contributed by atoms with Gasteiger partial charge < -0.3 is 23.4 Å². The van der Waals surface area contributed by atoms with Gasteiger partial charge in [-0.2, -0.15) is 0 Å². The van der Waals surface area contributed by atoms with Crippen molar-refractivity contribution in [3.05, 3.63) is 64.7 Å². The van der Waals surface area contributed by atoms with Crippen molar-refractivity contribution in [1.29, 1.82) is 0 Å². The lowest BCUT2D eigenvalue weighted by Crippen LogP contribution is -2.31. The molecule has 0 N–H and O–H groups in total. The first-order valence-corrected chi connectivity index (χ1v) is 13.0. The number of benzene rings is 2. The largest absolute Gasteiger partial charge is 0.497 e. The zero-order chi connectivity index (χ0) is 27.1. The van der Waals surface area contributed by atoms with Crippen molar-refractivity contribution in [3.63, 3.8) is 0 Å². The molecule has 10 heteroatoms. The van der Waals surface area contributed by atoms with Crippen LogP contribution in [-0.2, 0) is 27.4 Å². The lowest BCUT2D eigenvalue weighted by atomic mass is 10.1. The molecular weight excluding hydrogens is 508 g/mol. The molecule has 0 amide bonds. The molecule has 4 rings (SSSR count). The van der Waals surface area contributed by atoms with Gasteiger partial charge in [-0.25, -0.2) is 9.78 Å². The van der Waals surface area contributed by atoms with E-state index in [-0.39, 0.29) is 32.3 Å². The van der Waals surface area contributed by atoms with E-state index in [1.165, 1.54) is 11.3 Å². The number of aromatic nitrogens is 1. The molecule has 0 fully saturated rings. The molecule has 0 unspecified atom stereocenters. The van der Waals surface area contributed by atoms with Crippen LogP contribution in [0.1, 0.15) is 34.8 Å². The first-order chi connectivity index (χ1) is 18.4. The molecule has 0 saturated carbocycles. The monoisotopic (exact) mass is 538 g/mol. The first kappa shape index (κ1) is 27.2. The summed E-state index contributed by atoms with van der Waals surface area (Å²) in [5, 5.41) is 1.49. The number of rotatable bonds is 12. The quantitative estimate of drug-likeness (QED) is 0.222. The van der Waals surface area contributed by atoms with Crippen molar-refractivity contribution in [2.45, 2.75) is 26.9 Å². The van der Waals surface area contributed by atoms with E-state index in [1.807, 2.05) is 47.4 Å². The Bertz CT molecular complexity index is 1380. The Hall–Kier alpha value is -3.89. The van der Waals surface area contributed by atoms with Gasteiger partial charge in [0, 0.05) is 30.1 Å². The van der Waals surface area contributed by atoms with Gasteiger partial charge in [0.1, 0.15) is 22.0 Å². The predicted octanol–water partition coefficient (Wildman–Crippen LogP) is 5.32. The number of fused-ring (bicyclic) bond motifs is 1. The van der Waals surface area contributed by atoms with E-state index in [4.69, 9.17) is 28.3 Å². The van der Waals surface area contributed by atoms with Gasteiger partial charge in [-0.3, -0.25) is 9.69 Å². The SMILES string of the molecule is CCOC(=O)CN(Cc1ccc(OC)cc1OC)Cc1nc(-c2cc3ccccc3o2)sc1C(=O)OCC. The van der Waals surface area contributed by atoms with E-state index in [0.717, 1.165) is 16.5 Å². The van der Waals surface area contributed by atoms with Crippen molar-refractivity contribution in [1.82, 2.24) is 9.88 Å². The Morgan fingerprint density at radius 3 is 2.47 bits per heavy atom. The topological polar surface area (TPSA) is 100 Å². The zero-order valence-corrected chi connectivity index (χ0v) is 22.6. The van der Waals surface area contributed by atoms with E-state index in [9.17, 15) is 9.59 Å². The van der Waals surface area contributed by atoms with Crippen LogP contribution >= 0.6 is 11.3 Å². The molecule has 0 aliphatic heterocycles. The third-order valence-corrected chi connectivity index (χ3v) is 6.81. The molecule has 0 atom stereocenters. The van der Waals surface area contributed by atoms with Crippen LogP contribution in [0.2, 0.25) is 0 Å². The number of esters is 2. The highest BCUT2D eigenvalue weighted by atomic mass is 32.1. The molecule has 0 aliphatic carbocycles. The fraction of sp³-hybridized carbons (Fsp3) is 0.321. The summed E-state index contributed by atoms with van der Waals surface area (Å²) in [4.78, 5) is 32.4. The van der Waals surface area contributed by atoms with E-state index >= 15 is 0 Å². The standard InChI is InChI=1S/C28H30N2O7S/c1-5-35-25(31)17-30(15-19-11-12-20(33-3)14-23(19)34-4)16-21-26(28(32)36-6-2)38-27(29-21)24-13-18-9-7-8-10-22(18)37-24/h7-14H,5-6,15-17H2,1-4H3. The molecule has 0 radical (unpaired) electrons. The number of furan rings is 1. The van der Waals surface area contributed by atoms with Crippen LogP contribution in [0, 0.1) is 0 Å². The number of methoxy groups -OCH3 is 2. The molecule has 0 bridgehead atoms. The van der Waals surface area contributed by atoms with E-state index in [1.54, 1.807) is 34.1 Å². The van der Waals surface area contributed by atoms with E-state index in [0.29, 0.717) is 39.4 Å². The Morgan fingerprint density at radius 1 is 0.974 bits per heavy atom. The number of hydrogen-bond donors (Lipinski definition) is 0. The Kier molecular flexibility index (Phi) is 8.98. The highest BCUT2D eigenvalue weighted by Gasteiger charge is 2.25. The van der Waals surface area contributed by atoms with Gasteiger partial charge >= 0.3 is 11.9 Å². The molecule has 0 spiro atoms. The third-order valence-electron chi connectivity index (χ3n) is 5.71. The van der Waals surface area contributed by atoms with Crippen LogP contribution in [0.3, 0.4) is 0 Å². The van der Waals surface area contributed by atoms with Gasteiger partial charge in [-0.15, -0.1) is 11.3 Å². The van der Waals surface area contributed by atoms with Crippen LogP contribution in [0.4, 0.5) is 0 Å². The lowest BCUT2D eigenvalue weighted by Gasteiger charge is -2.22. The molecule has 2 aromatic heterocycles. The van der Waals surface area contributed by atoms with Crippen molar-refractivity contribution in [2.24, 2.45) is 0 Å². The van der Waals surface area contributed by atoms with Gasteiger partial charge in [0.2, 0.25) is 0 Å². The fourth-order valence-corrected chi connectivity index (χ4v) is 4.92. The molecule has 2 heterocycles. The third kappa shape index (κ3) is 6.32. The van der Waals surface area contributed by atoms with Gasteiger partial charge in [-0.1, -0.05) is 24.3 Å². The summed E-state index contributed by atoms with van der Waals surface area (Å²) < 4.78 is 27.4. The number of hydrogen-bond acceptors (Lipinski definition) is 10. The zero-order valence-electron chi connectivity index (χ0n) is 21.8. The van der Waals surface area contributed by atoms with Gasteiger partial charge in [0.05, 0.1) is 39.7 Å². The molecule has 4 aromatic rings. The molecule has 9 nitrogen and oxygen atoms in total. The summed E-state index contributed by atoms with van der Waals surface area (Å²) in [5.74, 6) is 0.972. The maximum Gasteiger partial charge on any atom is 0.350 e. The van der Waals surface area contributed by atoms with Crippen LogP contribution in [0.15, 0.2) is 52.9 Å². The number of para-hydroxylation sites is 1. The van der Waals surface area contributed by atoms with Crippen molar-refractivity contribution < 1.29 is 33.0 Å². The second kappa shape index (κ2) is 12.6. The number of ether oxygens (including phenoxy) is 4. The van der Waals surface area contributed by atoms with Gasteiger partial charge in [-0.05, 0) is 32.0 Å². The number of nitrogens with zero attached hydrogens (tertiary/aromatic N) is 2. The average Bonchev–Trinajstić information content (AvgIpc) is 3.53. The molecular formula is C28H30N2O7S. The average molecular weight is 539 g/mol. The minimum Gasteiger partial charge on any atom is -0.497 e. The lowest BCUT2D eigenvalue weighted by molar-refractivity contribution is -0.144. The molecule has 2 aromatic carbocycles. The predicted molar refractivity (Wildman–Crippen MR) is 144 cm³/mol. The molecule has 0 aliphatic rings. The number of thiazole rings is 1. The van der Waals surface area contributed by atoms with Crippen molar-refractivity contribution in [2.75, 3.05) is 34.0 Å². The smallest absolute Gasteiger partial charge is 0.350 e. The summed E-state index contributed by atoms with van der Waals surface area (Å²) in [6.07, 6.45) is 0. The van der Waals surface area contributed by atoms with Crippen LogP contribution in [0.25, 0.3) is 21.7 Å². The minimum atomic E-state index is -0.472. The Balaban J connectivity index is 1.69. The highest BCUT2D eigenvalue weighted by molar-refractivity contribution is 7.17. The summed E-state index contributed by atoms with van der Waals surface area (Å²) in [7, 11) is 3.16. The number of carbonyl (C=O) groups excluding carboxylic acids is 2. The van der Waals surface area contributed by atoms with Crippen molar-refractivity contribution >= 4 is 34.2 Å². The van der Waals surface area contributed by atoms with Crippen LogP contribution in [-0.4, -0.2) is 55.8 Å². The van der Waals surface area contributed by atoms with Crippen molar-refractivity contribution in [3.8, 4) is 22.3 Å². The number of carbonyl (C=O) groups is 2. The first-order valence-electron chi connectivity index (χ1n) is 12.2. The summed E-state index contributed by atoms with van der Waals surface area (Å²) in [6.45, 7) is 4.52. The second-order valence-electron chi connectivity index (χ2n) is 8.29. The Labute approximate surface area is 224 Å². The summed E-state index contributed by atoms with van der Waals surface area (Å²) in [5.41, 5.74) is 2.05. The minimum absolute atomic E-state index is 0.0111. The molecule has 38 heavy (non-hydrogen) atoms. The maximum absolute atomic E-state index is 12.9. The van der Waals surface area contributed by atoms with Crippen LogP contribution in [0.5, 0.6) is 11.5 Å². The Morgan fingerprint density at radius 2 is 1.76 bits per heavy atom. The summed E-state index contributed by atoms with van der Waals surface area (Å²) in [6, 6.07) is 15.0. The molecule has 200 valence electrons.